The summed E-state index contributed by atoms with van der Waals surface area (Å²) in [5, 5.41) is 13.5. The Morgan fingerprint density at radius 3 is 1.73 bits per heavy atom. The van der Waals surface area contributed by atoms with Crippen molar-refractivity contribution < 1.29 is 63.2 Å². The summed E-state index contributed by atoms with van der Waals surface area (Å²) in [7, 11) is -15.2. The standard InChI is InChI=1S/C29H31N5O14S3/c30-33-29(39)19(5-6-25(36)37)32-28(38)14-7-9-34(10-8-14)24(35)13-31-20-11-21(49(40,41)42)16-3-4-18-23(51(46,47)48)12-22(50(43,44)45)17-2-1-15(20)26(16)27(17)18/h1-4,11-12,14,19,31H,5-10,13,30H2,(H,32,38)(H,33,39)(H,36,37)(H,40,41,42)(H,43,44,45)(H,46,47,48). The molecule has 5 rings (SSSR count). The Morgan fingerprint density at radius 1 is 0.784 bits per heavy atom. The molecule has 3 amide bonds. The highest BCUT2D eigenvalue weighted by Crippen LogP contribution is 2.44. The molecule has 51 heavy (non-hydrogen) atoms. The van der Waals surface area contributed by atoms with Crippen molar-refractivity contribution in [3.8, 4) is 0 Å². The predicted molar refractivity (Wildman–Crippen MR) is 179 cm³/mol. The van der Waals surface area contributed by atoms with Gasteiger partial charge in [-0.2, -0.15) is 25.3 Å². The van der Waals surface area contributed by atoms with Gasteiger partial charge >= 0.3 is 5.97 Å². The normalized spacial score (nSPS) is 15.3. The molecule has 0 bridgehead atoms. The van der Waals surface area contributed by atoms with Crippen molar-refractivity contribution in [2.45, 2.75) is 46.4 Å². The zero-order chi connectivity index (χ0) is 37.6. The Labute approximate surface area is 289 Å². The van der Waals surface area contributed by atoms with E-state index in [1.165, 1.54) is 17.0 Å². The van der Waals surface area contributed by atoms with Crippen LogP contribution in [0.1, 0.15) is 25.7 Å². The first-order chi connectivity index (χ1) is 23.7. The van der Waals surface area contributed by atoms with Crippen LogP contribution in [0.2, 0.25) is 0 Å². The summed E-state index contributed by atoms with van der Waals surface area (Å²) < 4.78 is 104. The molecule has 4 aromatic carbocycles. The second-order valence-electron chi connectivity index (χ2n) is 11.8. The van der Waals surface area contributed by atoms with Crippen LogP contribution < -0.4 is 21.9 Å². The van der Waals surface area contributed by atoms with Crippen LogP contribution in [-0.2, 0) is 49.5 Å². The van der Waals surface area contributed by atoms with E-state index in [9.17, 15) is 58.1 Å². The number of piperidine rings is 1. The van der Waals surface area contributed by atoms with Crippen LogP contribution in [-0.4, -0.2) is 98.3 Å². The number of aliphatic carboxylic acids is 1. The van der Waals surface area contributed by atoms with Gasteiger partial charge in [0.15, 0.2) is 0 Å². The Hall–Kier alpha value is -4.71. The maximum Gasteiger partial charge on any atom is 0.303 e. The number of hydrogen-bond acceptors (Lipinski definition) is 12. The number of benzene rings is 4. The number of nitrogens with one attached hydrogen (secondary N) is 3. The van der Waals surface area contributed by atoms with E-state index in [0.717, 1.165) is 18.2 Å². The first-order valence-corrected chi connectivity index (χ1v) is 19.3. The van der Waals surface area contributed by atoms with Crippen LogP contribution in [0.5, 0.6) is 0 Å². The van der Waals surface area contributed by atoms with Gasteiger partial charge < -0.3 is 20.6 Å². The summed E-state index contributed by atoms with van der Waals surface area (Å²) in [6, 6.07) is 5.24. The van der Waals surface area contributed by atoms with Crippen LogP contribution in [0.4, 0.5) is 5.69 Å². The number of carbonyl (C=O) groups is 4. The highest BCUT2D eigenvalue weighted by atomic mass is 32.2. The van der Waals surface area contributed by atoms with Crippen LogP contribution in [0.3, 0.4) is 0 Å². The fourth-order valence-corrected chi connectivity index (χ4v) is 8.50. The molecule has 4 aromatic rings. The number of carboxylic acids is 1. The van der Waals surface area contributed by atoms with Crippen molar-refractivity contribution in [2.24, 2.45) is 11.8 Å². The number of hydrogen-bond donors (Lipinski definition) is 8. The Morgan fingerprint density at radius 2 is 1.25 bits per heavy atom. The maximum atomic E-state index is 13.2. The van der Waals surface area contributed by atoms with E-state index in [1.54, 1.807) is 0 Å². The number of likely N-dealkylation sites (tertiary alicyclic amines) is 1. The largest absolute Gasteiger partial charge is 0.481 e. The minimum absolute atomic E-state index is 0.0385. The number of rotatable bonds is 12. The third kappa shape index (κ3) is 7.66. The molecule has 9 N–H and O–H groups in total. The van der Waals surface area contributed by atoms with Crippen molar-refractivity contribution in [1.82, 2.24) is 15.6 Å². The maximum absolute atomic E-state index is 13.2. The van der Waals surface area contributed by atoms with Crippen molar-refractivity contribution in [3.05, 3.63) is 36.4 Å². The van der Waals surface area contributed by atoms with Gasteiger partial charge in [0.1, 0.15) is 20.7 Å². The number of carbonyl (C=O) groups excluding carboxylic acids is 3. The number of hydrazine groups is 1. The average molecular weight is 770 g/mol. The van der Waals surface area contributed by atoms with Crippen LogP contribution >= 0.6 is 0 Å². The molecule has 1 fully saturated rings. The number of anilines is 1. The van der Waals surface area contributed by atoms with E-state index in [4.69, 9.17) is 10.9 Å². The van der Waals surface area contributed by atoms with Crippen LogP contribution in [0.25, 0.3) is 32.3 Å². The molecule has 1 aliphatic rings. The molecule has 0 spiro atoms. The third-order valence-corrected chi connectivity index (χ3v) is 11.4. The van der Waals surface area contributed by atoms with Gasteiger partial charge in [-0.05, 0) is 31.4 Å². The Balaban J connectivity index is 1.44. The highest BCUT2D eigenvalue weighted by molar-refractivity contribution is 7.87. The van der Waals surface area contributed by atoms with Gasteiger partial charge in [0.05, 0.1) is 6.54 Å². The van der Waals surface area contributed by atoms with Crippen molar-refractivity contribution in [2.75, 3.05) is 25.0 Å². The fourth-order valence-electron chi connectivity index (χ4n) is 6.28. The topological polar surface area (TPSA) is 317 Å². The first-order valence-electron chi connectivity index (χ1n) is 15.0. The van der Waals surface area contributed by atoms with Gasteiger partial charge in [0.2, 0.25) is 11.8 Å². The lowest BCUT2D eigenvalue weighted by molar-refractivity contribution is -0.138. The molecular weight excluding hydrogens is 739 g/mol. The van der Waals surface area contributed by atoms with Crippen molar-refractivity contribution >= 4 is 92.0 Å². The third-order valence-electron chi connectivity index (χ3n) is 8.69. The number of nitrogens with two attached hydrogens (primary N) is 1. The molecule has 1 saturated heterocycles. The van der Waals surface area contributed by atoms with Crippen molar-refractivity contribution in [3.63, 3.8) is 0 Å². The number of amides is 3. The minimum atomic E-state index is -5.10. The molecule has 22 heteroatoms. The predicted octanol–water partition coefficient (Wildman–Crippen LogP) is 0.314. The molecule has 1 atom stereocenters. The lowest BCUT2D eigenvalue weighted by Gasteiger charge is -2.32. The number of carboxylic acid groups (broad SMARTS) is 1. The summed E-state index contributed by atoms with van der Waals surface area (Å²) in [6.45, 7) is -0.230. The summed E-state index contributed by atoms with van der Waals surface area (Å²) in [5.74, 6) is 1.57. The summed E-state index contributed by atoms with van der Waals surface area (Å²) in [6.07, 6.45) is -0.219. The molecule has 274 valence electrons. The fraction of sp³-hybridized carbons (Fsp3) is 0.310. The Bertz CT molecular complexity index is 2380. The second-order valence-corrected chi connectivity index (χ2v) is 16.0. The van der Waals surface area contributed by atoms with Gasteiger partial charge in [0, 0.05) is 63.4 Å². The molecule has 1 aliphatic heterocycles. The molecule has 0 radical (unpaired) electrons. The van der Waals surface area contributed by atoms with Crippen LogP contribution in [0.15, 0.2) is 51.1 Å². The quantitative estimate of drug-likeness (QED) is 0.0316. The average Bonchev–Trinajstić information content (AvgIpc) is 3.05. The summed E-state index contributed by atoms with van der Waals surface area (Å²) in [5.41, 5.74) is 1.84. The zero-order valence-corrected chi connectivity index (χ0v) is 28.6. The van der Waals surface area contributed by atoms with E-state index < -0.39 is 93.7 Å². The van der Waals surface area contributed by atoms with Gasteiger partial charge in [0.25, 0.3) is 36.3 Å². The Kier molecular flexibility index (Phi) is 10.1. The van der Waals surface area contributed by atoms with Gasteiger partial charge in [-0.1, -0.05) is 24.3 Å². The summed E-state index contributed by atoms with van der Waals surface area (Å²) in [4.78, 5) is 48.0. The van der Waals surface area contributed by atoms with Crippen molar-refractivity contribution in [1.29, 1.82) is 0 Å². The smallest absolute Gasteiger partial charge is 0.303 e. The first kappa shape index (κ1) is 37.5. The van der Waals surface area contributed by atoms with E-state index in [2.05, 4.69) is 10.6 Å². The van der Waals surface area contributed by atoms with E-state index in [0.29, 0.717) is 6.07 Å². The molecule has 0 aromatic heterocycles. The van der Waals surface area contributed by atoms with Gasteiger partial charge in [-0.25, -0.2) is 5.84 Å². The molecule has 0 saturated carbocycles. The highest BCUT2D eigenvalue weighted by Gasteiger charge is 2.31. The minimum Gasteiger partial charge on any atom is -0.481 e. The lowest BCUT2D eigenvalue weighted by Crippen LogP contribution is -2.52. The second kappa shape index (κ2) is 13.8. The molecule has 1 heterocycles. The molecule has 0 aliphatic carbocycles. The number of nitrogens with zero attached hydrogens (tertiary/aromatic N) is 1. The molecule has 19 nitrogen and oxygen atoms in total. The zero-order valence-electron chi connectivity index (χ0n) is 26.2. The van der Waals surface area contributed by atoms with Crippen LogP contribution in [0, 0.1) is 5.92 Å². The van der Waals surface area contributed by atoms with Gasteiger partial charge in [-0.3, -0.25) is 38.3 Å². The van der Waals surface area contributed by atoms with E-state index in [1.807, 2.05) is 5.43 Å². The monoisotopic (exact) mass is 769 g/mol. The SMILES string of the molecule is NNC(=O)C(CCC(=O)O)NC(=O)C1CCN(C(=O)CNc2cc(S(=O)(=O)O)c3ccc4c(S(=O)(=O)O)cc(S(=O)(=O)O)c5ccc2c3c54)CC1. The van der Waals surface area contributed by atoms with E-state index >= 15 is 0 Å². The molecular formula is C29H31N5O14S3. The van der Waals surface area contributed by atoms with Gasteiger partial charge in [-0.15, -0.1) is 0 Å². The molecule has 1 unspecified atom stereocenters. The van der Waals surface area contributed by atoms with E-state index in [-0.39, 0.29) is 70.4 Å². The summed E-state index contributed by atoms with van der Waals surface area (Å²) >= 11 is 0. The lowest BCUT2D eigenvalue weighted by atomic mass is 9.93.